The van der Waals surface area contributed by atoms with Gasteiger partial charge in [-0.3, -0.25) is 4.79 Å². The lowest BCUT2D eigenvalue weighted by Gasteiger charge is -2.12. The highest BCUT2D eigenvalue weighted by molar-refractivity contribution is 7.91. The molecule has 0 radical (unpaired) electrons. The van der Waals surface area contributed by atoms with E-state index in [1.54, 1.807) is 0 Å². The fraction of sp³-hybridized carbons (Fsp3) is 0.316. The average Bonchev–Trinajstić information content (AvgIpc) is 2.60. The van der Waals surface area contributed by atoms with Crippen molar-refractivity contribution >= 4 is 15.8 Å². The van der Waals surface area contributed by atoms with E-state index < -0.39 is 34.0 Å². The van der Waals surface area contributed by atoms with Crippen molar-refractivity contribution < 1.29 is 36.2 Å². The Morgan fingerprint density at radius 3 is 2.25 bits per heavy atom. The molecule has 0 fully saturated rings. The summed E-state index contributed by atoms with van der Waals surface area (Å²) in [6.07, 6.45) is -3.42. The van der Waals surface area contributed by atoms with Gasteiger partial charge in [0, 0.05) is 0 Å². The quantitative estimate of drug-likeness (QED) is 0.648. The van der Waals surface area contributed by atoms with Crippen LogP contribution in [0.1, 0.15) is 30.9 Å². The lowest BCUT2D eigenvalue weighted by molar-refractivity contribution is -0.138. The summed E-state index contributed by atoms with van der Waals surface area (Å²) in [5.74, 6) is -0.957. The first kappa shape index (κ1) is 21.7. The van der Waals surface area contributed by atoms with Gasteiger partial charge in [-0.2, -0.15) is 13.2 Å². The Labute approximate surface area is 160 Å². The van der Waals surface area contributed by atoms with E-state index in [0.717, 1.165) is 25.0 Å². The fourth-order valence-corrected chi connectivity index (χ4v) is 3.78. The largest absolute Gasteiger partial charge is 0.494 e. The van der Waals surface area contributed by atoms with Gasteiger partial charge in [-0.05, 0) is 54.4 Å². The number of carboxylic acids is 1. The van der Waals surface area contributed by atoms with Crippen LogP contribution >= 0.6 is 0 Å². The van der Waals surface area contributed by atoms with Gasteiger partial charge in [0.25, 0.3) is 0 Å². The maximum atomic E-state index is 12.8. The lowest BCUT2D eigenvalue weighted by atomic mass is 10.1. The second-order valence-electron chi connectivity index (χ2n) is 6.11. The van der Waals surface area contributed by atoms with E-state index in [2.05, 4.69) is 0 Å². The van der Waals surface area contributed by atoms with Crippen molar-refractivity contribution in [1.82, 2.24) is 0 Å². The highest BCUT2D eigenvalue weighted by atomic mass is 32.2. The van der Waals surface area contributed by atoms with Gasteiger partial charge < -0.3 is 9.84 Å². The maximum Gasteiger partial charge on any atom is 0.416 e. The number of benzene rings is 2. The minimum absolute atomic E-state index is 0.192. The molecule has 0 unspecified atom stereocenters. The summed E-state index contributed by atoms with van der Waals surface area (Å²) in [4.78, 5) is 10.4. The Hall–Kier alpha value is -2.55. The topological polar surface area (TPSA) is 80.7 Å². The Morgan fingerprint density at radius 1 is 1.07 bits per heavy atom. The zero-order chi connectivity index (χ0) is 20.9. The molecule has 2 aromatic carbocycles. The molecule has 0 aromatic heterocycles. The van der Waals surface area contributed by atoms with E-state index in [1.807, 2.05) is 6.92 Å². The van der Waals surface area contributed by atoms with Crippen LogP contribution in [0.5, 0.6) is 5.75 Å². The molecular formula is C19H19F3O5S. The predicted octanol–water partition coefficient (Wildman–Crippen LogP) is 4.34. The summed E-state index contributed by atoms with van der Waals surface area (Å²) < 4.78 is 69.2. The van der Waals surface area contributed by atoms with Crippen molar-refractivity contribution in [2.75, 3.05) is 6.61 Å². The van der Waals surface area contributed by atoms with Gasteiger partial charge in [0.15, 0.2) is 0 Å². The molecule has 0 atom stereocenters. The highest BCUT2D eigenvalue weighted by Crippen LogP contribution is 2.32. The van der Waals surface area contributed by atoms with Crippen LogP contribution in [0.15, 0.2) is 52.3 Å². The third-order valence-electron chi connectivity index (χ3n) is 3.86. The second kappa shape index (κ2) is 8.64. The van der Waals surface area contributed by atoms with Gasteiger partial charge in [-0.1, -0.05) is 13.3 Å². The van der Waals surface area contributed by atoms with Crippen LogP contribution in [0.4, 0.5) is 13.2 Å². The van der Waals surface area contributed by atoms with Crippen molar-refractivity contribution in [3.8, 4) is 5.75 Å². The number of hydrogen-bond donors (Lipinski definition) is 1. The van der Waals surface area contributed by atoms with E-state index in [9.17, 15) is 26.4 Å². The molecule has 0 bridgehead atoms. The summed E-state index contributed by atoms with van der Waals surface area (Å²) in [5.41, 5.74) is -0.748. The van der Waals surface area contributed by atoms with Crippen molar-refractivity contribution in [2.45, 2.75) is 42.2 Å². The number of hydrogen-bond acceptors (Lipinski definition) is 4. The molecule has 0 aliphatic heterocycles. The van der Waals surface area contributed by atoms with Gasteiger partial charge in [-0.25, -0.2) is 8.42 Å². The van der Waals surface area contributed by atoms with Gasteiger partial charge in [0.1, 0.15) is 5.75 Å². The van der Waals surface area contributed by atoms with Gasteiger partial charge in [0.2, 0.25) is 9.84 Å². The maximum absolute atomic E-state index is 12.8. The van der Waals surface area contributed by atoms with Gasteiger partial charge in [0.05, 0.1) is 28.4 Å². The minimum Gasteiger partial charge on any atom is -0.494 e. The third-order valence-corrected chi connectivity index (χ3v) is 5.61. The zero-order valence-electron chi connectivity index (χ0n) is 15.0. The molecule has 28 heavy (non-hydrogen) atoms. The molecule has 1 N–H and O–H groups in total. The standard InChI is InChI=1S/C19H19F3O5S/c1-2-3-8-27-15-9-13(11-18(23)24)10-17(12-15)28(25,26)16-6-4-14(5-7-16)19(20,21)22/h4-7,9-10,12H,2-3,8,11H2,1H3,(H,23,24). The molecule has 0 heterocycles. The summed E-state index contributed by atoms with van der Waals surface area (Å²) in [7, 11) is -4.15. The Bertz CT molecular complexity index is 935. The number of sulfone groups is 1. The first-order valence-electron chi connectivity index (χ1n) is 8.45. The molecule has 0 spiro atoms. The van der Waals surface area contributed by atoms with E-state index in [4.69, 9.17) is 9.84 Å². The SMILES string of the molecule is CCCCOc1cc(CC(=O)O)cc(S(=O)(=O)c2ccc(C(F)(F)F)cc2)c1. The first-order valence-corrected chi connectivity index (χ1v) is 9.93. The van der Waals surface area contributed by atoms with Crippen LogP contribution in [-0.4, -0.2) is 26.1 Å². The van der Waals surface area contributed by atoms with E-state index >= 15 is 0 Å². The molecule has 2 rings (SSSR count). The Kier molecular flexibility index (Phi) is 6.71. The predicted molar refractivity (Wildman–Crippen MR) is 95.1 cm³/mol. The Morgan fingerprint density at radius 2 is 1.71 bits per heavy atom. The zero-order valence-corrected chi connectivity index (χ0v) is 15.8. The van der Waals surface area contributed by atoms with Crippen LogP contribution in [0.3, 0.4) is 0 Å². The monoisotopic (exact) mass is 416 g/mol. The number of alkyl halides is 3. The molecule has 0 amide bonds. The molecule has 9 heteroatoms. The average molecular weight is 416 g/mol. The number of halogens is 3. The third kappa shape index (κ3) is 5.48. The van der Waals surface area contributed by atoms with Gasteiger partial charge in [-0.15, -0.1) is 0 Å². The molecular weight excluding hydrogens is 397 g/mol. The summed E-state index contributed by atoms with van der Waals surface area (Å²) in [6, 6.07) is 7.00. The molecule has 0 saturated carbocycles. The van der Waals surface area contributed by atoms with Crippen LogP contribution in [0, 0.1) is 0 Å². The molecule has 0 aliphatic carbocycles. The second-order valence-corrected chi connectivity index (χ2v) is 8.06. The lowest BCUT2D eigenvalue weighted by Crippen LogP contribution is -2.08. The first-order chi connectivity index (χ1) is 13.0. The molecule has 0 saturated heterocycles. The van der Waals surface area contributed by atoms with Crippen molar-refractivity contribution in [1.29, 1.82) is 0 Å². The van der Waals surface area contributed by atoms with E-state index in [0.29, 0.717) is 18.7 Å². The Balaban J connectivity index is 2.44. The van der Waals surface area contributed by atoms with Crippen LogP contribution in [0.2, 0.25) is 0 Å². The van der Waals surface area contributed by atoms with Crippen molar-refractivity contribution in [2.24, 2.45) is 0 Å². The van der Waals surface area contributed by atoms with Crippen LogP contribution < -0.4 is 4.74 Å². The van der Waals surface area contributed by atoms with E-state index in [1.165, 1.54) is 18.2 Å². The van der Waals surface area contributed by atoms with Crippen LogP contribution in [-0.2, 0) is 27.2 Å². The number of carboxylic acid groups (broad SMARTS) is 1. The number of unbranched alkanes of at least 4 members (excludes halogenated alkanes) is 1. The van der Waals surface area contributed by atoms with Crippen molar-refractivity contribution in [3.05, 3.63) is 53.6 Å². The van der Waals surface area contributed by atoms with Crippen molar-refractivity contribution in [3.63, 3.8) is 0 Å². The highest BCUT2D eigenvalue weighted by Gasteiger charge is 2.31. The molecule has 0 aliphatic rings. The molecule has 2 aromatic rings. The number of carbonyl (C=O) groups is 1. The number of rotatable bonds is 8. The fourth-order valence-electron chi connectivity index (χ4n) is 2.44. The summed E-state index contributed by atoms with van der Waals surface area (Å²) in [5, 5.41) is 8.99. The number of ether oxygens (including phenoxy) is 1. The van der Waals surface area contributed by atoms with Crippen LogP contribution in [0.25, 0.3) is 0 Å². The summed E-state index contributed by atoms with van der Waals surface area (Å²) in [6.45, 7) is 2.28. The molecule has 5 nitrogen and oxygen atoms in total. The minimum atomic E-state index is -4.58. The normalized spacial score (nSPS) is 12.0. The number of aliphatic carboxylic acids is 1. The van der Waals surface area contributed by atoms with E-state index in [-0.39, 0.29) is 21.1 Å². The summed E-state index contributed by atoms with van der Waals surface area (Å²) >= 11 is 0. The van der Waals surface area contributed by atoms with Gasteiger partial charge >= 0.3 is 12.1 Å². The smallest absolute Gasteiger partial charge is 0.416 e. The molecule has 152 valence electrons.